The number of aryl methyl sites for hydroxylation is 1. The number of hydrogen-bond donors (Lipinski definition) is 1. The van der Waals surface area contributed by atoms with Crippen molar-refractivity contribution in [3.05, 3.63) is 17.0 Å². The van der Waals surface area contributed by atoms with E-state index in [1.165, 1.54) is 0 Å². The van der Waals surface area contributed by atoms with Crippen LogP contribution in [0.15, 0.2) is 0 Å². The molecule has 2 aromatic heterocycles. The van der Waals surface area contributed by atoms with Crippen LogP contribution >= 0.6 is 0 Å². The number of nitrogens with one attached hydrogen (secondary N) is 1. The Morgan fingerprint density at radius 3 is 2.33 bits per heavy atom. The second kappa shape index (κ2) is 6.07. The van der Waals surface area contributed by atoms with Gasteiger partial charge in [-0.1, -0.05) is 6.92 Å². The Morgan fingerprint density at radius 1 is 1.10 bits per heavy atom. The van der Waals surface area contributed by atoms with E-state index in [9.17, 15) is 0 Å². The second-order valence-electron chi connectivity index (χ2n) is 5.29. The smallest absolute Gasteiger partial charge is 0.257 e. The zero-order valence-electron chi connectivity index (χ0n) is 13.6. The minimum absolute atomic E-state index is 0.543. The van der Waals surface area contributed by atoms with Crippen molar-refractivity contribution in [1.82, 2.24) is 24.7 Å². The highest BCUT2D eigenvalue weighted by Gasteiger charge is 2.14. The van der Waals surface area contributed by atoms with E-state index in [4.69, 9.17) is 0 Å². The fourth-order valence-electron chi connectivity index (χ4n) is 1.88. The fraction of sp³-hybridized carbons (Fsp3) is 0.571. The molecule has 0 saturated heterocycles. The quantitative estimate of drug-likeness (QED) is 0.906. The summed E-state index contributed by atoms with van der Waals surface area (Å²) in [4.78, 5) is 15.2. The molecule has 2 heterocycles. The van der Waals surface area contributed by atoms with Crippen LogP contribution in [0.4, 0.5) is 11.9 Å². The fourth-order valence-corrected chi connectivity index (χ4v) is 1.88. The zero-order valence-corrected chi connectivity index (χ0v) is 13.6. The van der Waals surface area contributed by atoms with Gasteiger partial charge in [0, 0.05) is 26.3 Å². The Morgan fingerprint density at radius 2 is 1.81 bits per heavy atom. The van der Waals surface area contributed by atoms with Crippen LogP contribution < -0.4 is 10.2 Å². The predicted molar refractivity (Wildman–Crippen MR) is 84.3 cm³/mol. The maximum absolute atomic E-state index is 4.52. The van der Waals surface area contributed by atoms with Gasteiger partial charge in [0.05, 0.1) is 5.69 Å². The molecule has 7 heteroatoms. The van der Waals surface area contributed by atoms with Crippen LogP contribution in [-0.4, -0.2) is 45.4 Å². The molecular weight excluding hydrogens is 266 g/mol. The van der Waals surface area contributed by atoms with E-state index in [-0.39, 0.29) is 0 Å². The highest BCUT2D eigenvalue weighted by Crippen LogP contribution is 2.17. The molecule has 0 bridgehead atoms. The molecule has 0 unspecified atom stereocenters. The van der Waals surface area contributed by atoms with Crippen molar-refractivity contribution in [2.45, 2.75) is 34.1 Å². The van der Waals surface area contributed by atoms with E-state index in [0.29, 0.717) is 17.8 Å². The van der Waals surface area contributed by atoms with Gasteiger partial charge in [-0.25, -0.2) is 4.68 Å². The minimum Gasteiger partial charge on any atom is -0.354 e. The van der Waals surface area contributed by atoms with Gasteiger partial charge in [-0.2, -0.15) is 20.1 Å². The molecule has 1 N–H and O–H groups in total. The lowest BCUT2D eigenvalue weighted by Crippen LogP contribution is -2.18. The summed E-state index contributed by atoms with van der Waals surface area (Å²) in [6.07, 6.45) is 1.01. The maximum Gasteiger partial charge on any atom is 0.257 e. The second-order valence-corrected chi connectivity index (χ2v) is 5.29. The first-order chi connectivity index (χ1) is 9.93. The Bertz CT molecular complexity index is 630. The maximum atomic E-state index is 4.52. The van der Waals surface area contributed by atoms with Gasteiger partial charge in [-0.15, -0.1) is 0 Å². The Labute approximate surface area is 125 Å². The first kappa shape index (κ1) is 15.2. The van der Waals surface area contributed by atoms with E-state index in [2.05, 4.69) is 39.2 Å². The summed E-state index contributed by atoms with van der Waals surface area (Å²) in [5.74, 6) is 1.74. The molecule has 0 aliphatic heterocycles. The van der Waals surface area contributed by atoms with Gasteiger partial charge in [-0.05, 0) is 32.8 Å². The van der Waals surface area contributed by atoms with Crippen LogP contribution in [0.25, 0.3) is 5.95 Å². The molecule has 0 radical (unpaired) electrons. The molecule has 0 atom stereocenters. The predicted octanol–water partition coefficient (Wildman–Crippen LogP) is 1.87. The number of anilines is 2. The van der Waals surface area contributed by atoms with E-state index in [1.807, 2.05) is 32.8 Å². The molecular formula is C14H23N7. The average molecular weight is 289 g/mol. The van der Waals surface area contributed by atoms with Crippen molar-refractivity contribution in [2.75, 3.05) is 30.9 Å². The van der Waals surface area contributed by atoms with E-state index in [0.717, 1.165) is 29.9 Å². The molecule has 21 heavy (non-hydrogen) atoms. The number of rotatable bonds is 5. The van der Waals surface area contributed by atoms with Crippen LogP contribution in [0.1, 0.15) is 30.3 Å². The van der Waals surface area contributed by atoms with Crippen molar-refractivity contribution in [3.8, 4) is 5.95 Å². The SMILES string of the molecule is CCCNc1nc(N(C)C)nc(-n2nc(C)c(C)c2C)n1. The van der Waals surface area contributed by atoms with Gasteiger partial charge >= 0.3 is 0 Å². The summed E-state index contributed by atoms with van der Waals surface area (Å²) in [7, 11) is 3.82. The van der Waals surface area contributed by atoms with Crippen LogP contribution in [-0.2, 0) is 0 Å². The monoisotopic (exact) mass is 289 g/mol. The first-order valence-electron chi connectivity index (χ1n) is 7.14. The highest BCUT2D eigenvalue weighted by atomic mass is 15.4. The van der Waals surface area contributed by atoms with Gasteiger partial charge < -0.3 is 10.2 Å². The number of aromatic nitrogens is 5. The van der Waals surface area contributed by atoms with Crippen LogP contribution in [0.5, 0.6) is 0 Å². The van der Waals surface area contributed by atoms with E-state index < -0.39 is 0 Å². The third-order valence-electron chi connectivity index (χ3n) is 3.39. The zero-order chi connectivity index (χ0) is 15.6. The largest absolute Gasteiger partial charge is 0.354 e. The molecule has 114 valence electrons. The Hall–Kier alpha value is -2.18. The molecule has 0 amide bonds. The van der Waals surface area contributed by atoms with Crippen molar-refractivity contribution in [3.63, 3.8) is 0 Å². The van der Waals surface area contributed by atoms with Crippen molar-refractivity contribution >= 4 is 11.9 Å². The summed E-state index contributed by atoms with van der Waals surface area (Å²) in [5, 5.41) is 7.73. The van der Waals surface area contributed by atoms with Gasteiger partial charge in [0.2, 0.25) is 11.9 Å². The standard InChI is InChI=1S/C14H23N7/c1-7-8-15-12-16-13(20(5)6)18-14(17-12)21-11(4)9(2)10(3)19-21/h7-8H2,1-6H3,(H,15,16,17,18). The topological polar surface area (TPSA) is 71.8 Å². The molecule has 0 spiro atoms. The summed E-state index contributed by atoms with van der Waals surface area (Å²) in [5.41, 5.74) is 3.19. The van der Waals surface area contributed by atoms with Crippen molar-refractivity contribution in [1.29, 1.82) is 0 Å². The third kappa shape index (κ3) is 3.12. The van der Waals surface area contributed by atoms with Crippen LogP contribution in [0.2, 0.25) is 0 Å². The summed E-state index contributed by atoms with van der Waals surface area (Å²) in [6.45, 7) is 8.99. The number of nitrogens with zero attached hydrogens (tertiary/aromatic N) is 6. The van der Waals surface area contributed by atoms with E-state index in [1.54, 1.807) is 4.68 Å². The molecule has 0 aliphatic carbocycles. The van der Waals surface area contributed by atoms with Crippen LogP contribution in [0.3, 0.4) is 0 Å². The number of hydrogen-bond acceptors (Lipinski definition) is 6. The lowest BCUT2D eigenvalue weighted by Gasteiger charge is -2.13. The lowest BCUT2D eigenvalue weighted by atomic mass is 10.2. The minimum atomic E-state index is 0.543. The normalized spacial score (nSPS) is 10.8. The lowest BCUT2D eigenvalue weighted by molar-refractivity contribution is 0.758. The molecule has 0 fully saturated rings. The van der Waals surface area contributed by atoms with Crippen LogP contribution in [0, 0.1) is 20.8 Å². The van der Waals surface area contributed by atoms with Gasteiger partial charge in [-0.3, -0.25) is 0 Å². The van der Waals surface area contributed by atoms with Gasteiger partial charge in [0.1, 0.15) is 0 Å². The van der Waals surface area contributed by atoms with E-state index >= 15 is 0 Å². The summed E-state index contributed by atoms with van der Waals surface area (Å²) in [6, 6.07) is 0. The molecule has 0 aliphatic rings. The third-order valence-corrected chi connectivity index (χ3v) is 3.39. The van der Waals surface area contributed by atoms with Gasteiger partial charge in [0.15, 0.2) is 0 Å². The molecule has 2 rings (SSSR count). The summed E-state index contributed by atoms with van der Waals surface area (Å²) >= 11 is 0. The molecule has 0 saturated carbocycles. The summed E-state index contributed by atoms with van der Waals surface area (Å²) < 4.78 is 1.77. The first-order valence-corrected chi connectivity index (χ1v) is 7.14. The molecule has 2 aromatic rings. The molecule has 0 aromatic carbocycles. The Kier molecular flexibility index (Phi) is 4.40. The van der Waals surface area contributed by atoms with Crippen molar-refractivity contribution in [2.24, 2.45) is 0 Å². The average Bonchev–Trinajstić information content (AvgIpc) is 2.72. The van der Waals surface area contributed by atoms with Crippen molar-refractivity contribution < 1.29 is 0 Å². The Balaban J connectivity index is 2.51. The molecule has 7 nitrogen and oxygen atoms in total. The highest BCUT2D eigenvalue weighted by molar-refractivity contribution is 5.40. The van der Waals surface area contributed by atoms with Gasteiger partial charge in [0.25, 0.3) is 5.95 Å².